The summed E-state index contributed by atoms with van der Waals surface area (Å²) in [4.78, 5) is 60.1. The Hall–Kier alpha value is -4.10. The molecule has 5 rings (SSSR count). The number of hydrogen-bond acceptors (Lipinski definition) is 9. The Labute approximate surface area is 257 Å². The summed E-state index contributed by atoms with van der Waals surface area (Å²) in [6.07, 6.45) is 1.73. The van der Waals surface area contributed by atoms with E-state index in [4.69, 9.17) is 10.7 Å². The van der Waals surface area contributed by atoms with Crippen LogP contribution in [0.5, 0.6) is 5.75 Å². The second-order valence-corrected chi connectivity index (χ2v) is 12.5. The van der Waals surface area contributed by atoms with Crippen LogP contribution in [-0.4, -0.2) is 70.2 Å². The zero-order valence-electron chi connectivity index (χ0n) is 23.4. The first-order valence-corrected chi connectivity index (χ1v) is 16.1. The molecule has 1 aromatic heterocycles. The van der Waals surface area contributed by atoms with Crippen LogP contribution < -0.4 is 26.6 Å². The predicted molar refractivity (Wildman–Crippen MR) is 166 cm³/mol. The average molecular weight is 623 g/mol. The molecule has 0 saturated carbocycles. The third kappa shape index (κ3) is 7.85. The Bertz CT molecular complexity index is 1450. The van der Waals surface area contributed by atoms with Gasteiger partial charge in [-0.2, -0.15) is 11.8 Å². The Balaban J connectivity index is 1.47. The van der Waals surface area contributed by atoms with E-state index in [0.29, 0.717) is 24.3 Å². The zero-order chi connectivity index (χ0) is 30.3. The van der Waals surface area contributed by atoms with Crippen molar-refractivity contribution < 1.29 is 24.3 Å². The predicted octanol–water partition coefficient (Wildman–Crippen LogP) is 1.49. The Morgan fingerprint density at radius 3 is 2.28 bits per heavy atom. The SMILES string of the molecule is NC(=O)[C@@H]1CSCc2csc(n2)N2CCC[C@H]2C(=O)N[C@@H](Cc2ccccc2)C(=O)N[C@@H](Cc2ccc(O)cc2)C(=O)N1. The van der Waals surface area contributed by atoms with Crippen LogP contribution in [0.2, 0.25) is 0 Å². The molecule has 0 unspecified atom stereocenters. The maximum absolute atomic E-state index is 13.9. The van der Waals surface area contributed by atoms with E-state index in [0.717, 1.165) is 22.8 Å². The van der Waals surface area contributed by atoms with E-state index < -0.39 is 41.9 Å². The first kappa shape index (κ1) is 30.4. The van der Waals surface area contributed by atoms with Crippen LogP contribution in [0.25, 0.3) is 0 Å². The highest BCUT2D eigenvalue weighted by Crippen LogP contribution is 2.30. The summed E-state index contributed by atoms with van der Waals surface area (Å²) in [5.41, 5.74) is 7.97. The highest BCUT2D eigenvalue weighted by molar-refractivity contribution is 7.98. The molecule has 3 heterocycles. The van der Waals surface area contributed by atoms with E-state index in [1.807, 2.05) is 40.6 Å². The van der Waals surface area contributed by atoms with Gasteiger partial charge in [0.25, 0.3) is 0 Å². The second kappa shape index (κ2) is 13.9. The number of aromatic hydroxyl groups is 1. The van der Waals surface area contributed by atoms with Crippen LogP contribution in [0.3, 0.4) is 0 Å². The van der Waals surface area contributed by atoms with Crippen LogP contribution in [0, 0.1) is 0 Å². The van der Waals surface area contributed by atoms with Crippen molar-refractivity contribution in [3.63, 3.8) is 0 Å². The monoisotopic (exact) mass is 622 g/mol. The molecule has 6 N–H and O–H groups in total. The first-order chi connectivity index (χ1) is 20.8. The fraction of sp³-hybridized carbons (Fsp3) is 0.367. The zero-order valence-corrected chi connectivity index (χ0v) is 25.0. The number of hydrogen-bond donors (Lipinski definition) is 5. The number of carbonyl (C=O) groups excluding carboxylic acids is 4. The normalized spacial score (nSPS) is 23.4. The fourth-order valence-electron chi connectivity index (χ4n) is 5.19. The summed E-state index contributed by atoms with van der Waals surface area (Å²) < 4.78 is 0. The number of thiazole rings is 1. The van der Waals surface area contributed by atoms with Gasteiger partial charge in [-0.15, -0.1) is 11.3 Å². The number of fused-ring (bicyclic) bond motifs is 4. The summed E-state index contributed by atoms with van der Waals surface area (Å²) in [7, 11) is 0. The number of anilines is 1. The molecule has 0 aliphatic carbocycles. The van der Waals surface area contributed by atoms with Crippen molar-refractivity contribution >= 4 is 51.9 Å². The van der Waals surface area contributed by atoms with Crippen molar-refractivity contribution in [2.45, 2.75) is 55.6 Å². The van der Waals surface area contributed by atoms with Gasteiger partial charge in [0.2, 0.25) is 23.6 Å². The number of carbonyl (C=O) groups is 4. The molecule has 0 spiro atoms. The van der Waals surface area contributed by atoms with Gasteiger partial charge in [0, 0.05) is 36.3 Å². The summed E-state index contributed by atoms with van der Waals surface area (Å²) in [5.74, 6) is -1.32. The molecule has 1 fully saturated rings. The van der Waals surface area contributed by atoms with Gasteiger partial charge in [-0.25, -0.2) is 4.98 Å². The van der Waals surface area contributed by atoms with Crippen molar-refractivity contribution in [1.82, 2.24) is 20.9 Å². The highest BCUT2D eigenvalue weighted by atomic mass is 32.2. The first-order valence-electron chi connectivity index (χ1n) is 14.1. The molecular weight excluding hydrogens is 589 g/mol. The lowest BCUT2D eigenvalue weighted by atomic mass is 10.0. The quantitative estimate of drug-likeness (QED) is 0.285. The molecule has 0 radical (unpaired) electrons. The van der Waals surface area contributed by atoms with E-state index in [9.17, 15) is 24.3 Å². The maximum Gasteiger partial charge on any atom is 0.243 e. The molecule has 2 aliphatic heterocycles. The molecule has 3 aromatic rings. The largest absolute Gasteiger partial charge is 0.508 e. The third-order valence-corrected chi connectivity index (χ3v) is 9.46. The Morgan fingerprint density at radius 1 is 0.930 bits per heavy atom. The summed E-state index contributed by atoms with van der Waals surface area (Å²) >= 11 is 2.86. The molecular formula is C30H34N6O5S2. The Kier molecular flexibility index (Phi) is 9.82. The number of nitrogens with two attached hydrogens (primary N) is 1. The molecule has 13 heteroatoms. The molecule has 43 heavy (non-hydrogen) atoms. The lowest BCUT2D eigenvalue weighted by Gasteiger charge is -2.27. The average Bonchev–Trinajstić information content (AvgIpc) is 3.67. The number of primary amides is 1. The van der Waals surface area contributed by atoms with Crippen molar-refractivity contribution in [1.29, 1.82) is 0 Å². The molecule has 2 bridgehead atoms. The number of benzene rings is 2. The standard InChI is InChI=1S/C30H34N6O5S2/c31-26(38)24-17-42-15-20-16-43-30(32-20)36-12-4-7-25(36)29(41)34-23(13-18-5-2-1-3-6-18)27(39)33-22(28(40)35-24)14-19-8-10-21(37)11-9-19/h1-3,5-6,8-11,16,22-25,37H,4,7,12-15,17H2,(H2,31,38)(H,33,39)(H,34,41)(H,35,40)/t22-,23-,24-,25-/m0/s1. The number of amides is 4. The van der Waals surface area contributed by atoms with E-state index in [1.165, 1.54) is 35.2 Å². The number of rotatable bonds is 5. The van der Waals surface area contributed by atoms with E-state index >= 15 is 0 Å². The minimum atomic E-state index is -1.08. The van der Waals surface area contributed by atoms with E-state index in [-0.39, 0.29) is 30.3 Å². The topological polar surface area (TPSA) is 167 Å². The van der Waals surface area contributed by atoms with Crippen LogP contribution in [0.4, 0.5) is 5.13 Å². The minimum absolute atomic E-state index is 0.0654. The van der Waals surface area contributed by atoms with Crippen LogP contribution in [0.1, 0.15) is 29.7 Å². The van der Waals surface area contributed by atoms with Gasteiger partial charge >= 0.3 is 0 Å². The van der Waals surface area contributed by atoms with Gasteiger partial charge in [0.1, 0.15) is 29.9 Å². The van der Waals surface area contributed by atoms with E-state index in [1.54, 1.807) is 12.1 Å². The third-order valence-electron chi connectivity index (χ3n) is 7.46. The number of nitrogens with one attached hydrogen (secondary N) is 3. The number of phenols is 1. The van der Waals surface area contributed by atoms with Crippen molar-refractivity contribution in [3.05, 3.63) is 76.8 Å². The van der Waals surface area contributed by atoms with Gasteiger partial charge in [0.05, 0.1) is 5.69 Å². The van der Waals surface area contributed by atoms with Crippen molar-refractivity contribution in [2.75, 3.05) is 17.2 Å². The molecule has 4 atom stereocenters. The number of phenolic OH excluding ortho intramolecular Hbond substituents is 1. The summed E-state index contributed by atoms with van der Waals surface area (Å²) in [5, 5.41) is 20.9. The van der Waals surface area contributed by atoms with Crippen LogP contribution in [0.15, 0.2) is 60.0 Å². The van der Waals surface area contributed by atoms with Crippen molar-refractivity contribution in [2.24, 2.45) is 5.73 Å². The van der Waals surface area contributed by atoms with Gasteiger partial charge in [-0.3, -0.25) is 19.2 Å². The second-order valence-electron chi connectivity index (χ2n) is 10.6. The maximum atomic E-state index is 13.9. The molecule has 2 aliphatic rings. The smallest absolute Gasteiger partial charge is 0.243 e. The van der Waals surface area contributed by atoms with Crippen LogP contribution in [-0.2, 0) is 37.8 Å². The fourth-order valence-corrected chi connectivity index (χ4v) is 7.15. The van der Waals surface area contributed by atoms with Gasteiger partial charge < -0.3 is 31.7 Å². The molecule has 226 valence electrons. The number of aromatic nitrogens is 1. The Morgan fingerprint density at radius 2 is 1.58 bits per heavy atom. The lowest BCUT2D eigenvalue weighted by Crippen LogP contribution is -2.59. The summed E-state index contributed by atoms with van der Waals surface area (Å²) in [6.45, 7) is 0.671. The van der Waals surface area contributed by atoms with Crippen molar-refractivity contribution in [3.8, 4) is 5.75 Å². The van der Waals surface area contributed by atoms with Gasteiger partial charge in [-0.05, 0) is 36.1 Å². The molecule has 4 amide bonds. The molecule has 1 saturated heterocycles. The van der Waals surface area contributed by atoms with Gasteiger partial charge in [-0.1, -0.05) is 42.5 Å². The molecule has 2 aromatic carbocycles. The minimum Gasteiger partial charge on any atom is -0.508 e. The lowest BCUT2D eigenvalue weighted by molar-refractivity contribution is -0.133. The van der Waals surface area contributed by atoms with Gasteiger partial charge in [0.15, 0.2) is 5.13 Å². The summed E-state index contributed by atoms with van der Waals surface area (Å²) in [6, 6.07) is 12.1. The molecule has 11 nitrogen and oxygen atoms in total. The highest BCUT2D eigenvalue weighted by Gasteiger charge is 2.36. The number of thioether (sulfide) groups is 1. The van der Waals surface area contributed by atoms with Crippen LogP contribution >= 0.6 is 23.1 Å². The number of nitrogens with zero attached hydrogens (tertiary/aromatic N) is 2. The van der Waals surface area contributed by atoms with E-state index in [2.05, 4.69) is 16.0 Å².